The smallest absolute Gasteiger partial charge is 0.0748 e. The van der Waals surface area contributed by atoms with E-state index in [-0.39, 0.29) is 6.10 Å². The molecule has 0 saturated carbocycles. The molecule has 1 N–H and O–H groups in total. The van der Waals surface area contributed by atoms with Gasteiger partial charge in [-0.3, -0.25) is 4.98 Å². The number of anilines is 1. The first-order valence-corrected chi connectivity index (χ1v) is 5.54. The third-order valence-electron chi connectivity index (χ3n) is 2.49. The Labute approximate surface area is 92.0 Å². The number of nitrogens with one attached hydrogen (secondary N) is 1. The predicted octanol–water partition coefficient (Wildman–Crippen LogP) is 2.43. The number of ether oxygens (including phenoxy) is 1. The van der Waals surface area contributed by atoms with Crippen LogP contribution in [0.1, 0.15) is 13.3 Å². The van der Waals surface area contributed by atoms with Crippen LogP contribution in [0.15, 0.2) is 22.9 Å². The predicted molar refractivity (Wildman–Crippen MR) is 59.4 cm³/mol. The monoisotopic (exact) mass is 256 g/mol. The number of pyridine rings is 1. The van der Waals surface area contributed by atoms with Gasteiger partial charge in [-0.05, 0) is 35.3 Å². The molecule has 1 aliphatic heterocycles. The van der Waals surface area contributed by atoms with Crippen molar-refractivity contribution in [2.75, 3.05) is 11.9 Å². The molecular weight excluding hydrogens is 244 g/mol. The van der Waals surface area contributed by atoms with Crippen molar-refractivity contribution in [2.45, 2.75) is 25.5 Å². The molecule has 2 heterocycles. The first-order chi connectivity index (χ1) is 6.77. The molecule has 2 atom stereocenters. The molecule has 1 aromatic rings. The third-order valence-corrected chi connectivity index (χ3v) is 3.12. The Morgan fingerprint density at radius 1 is 1.64 bits per heavy atom. The van der Waals surface area contributed by atoms with Crippen molar-refractivity contribution in [3.8, 4) is 0 Å². The van der Waals surface area contributed by atoms with Gasteiger partial charge in [-0.25, -0.2) is 0 Å². The van der Waals surface area contributed by atoms with Gasteiger partial charge in [0.1, 0.15) is 0 Å². The van der Waals surface area contributed by atoms with Gasteiger partial charge in [0.25, 0.3) is 0 Å². The van der Waals surface area contributed by atoms with Gasteiger partial charge in [0.05, 0.1) is 22.3 Å². The molecule has 2 rings (SSSR count). The second-order valence-electron chi connectivity index (χ2n) is 3.47. The van der Waals surface area contributed by atoms with Gasteiger partial charge in [-0.2, -0.15) is 0 Å². The summed E-state index contributed by atoms with van der Waals surface area (Å²) >= 11 is 3.46. The standard InChI is InChI=1S/C10H13BrN2O/c1-7-9(3-5-14-7)13-10-2-4-12-6-8(10)11/h2,4,6-7,9H,3,5H2,1H3,(H,12,13). The summed E-state index contributed by atoms with van der Waals surface area (Å²) in [6, 6.07) is 2.38. The second kappa shape index (κ2) is 4.28. The van der Waals surface area contributed by atoms with Crippen molar-refractivity contribution >= 4 is 21.6 Å². The van der Waals surface area contributed by atoms with Crippen LogP contribution in [-0.4, -0.2) is 23.7 Å². The maximum atomic E-state index is 5.48. The number of halogens is 1. The molecule has 0 amide bonds. The van der Waals surface area contributed by atoms with Gasteiger partial charge in [-0.1, -0.05) is 0 Å². The van der Waals surface area contributed by atoms with E-state index in [2.05, 4.69) is 33.2 Å². The van der Waals surface area contributed by atoms with Crippen LogP contribution in [0.4, 0.5) is 5.69 Å². The van der Waals surface area contributed by atoms with Crippen LogP contribution in [0.3, 0.4) is 0 Å². The van der Waals surface area contributed by atoms with E-state index in [0.717, 1.165) is 23.2 Å². The summed E-state index contributed by atoms with van der Waals surface area (Å²) in [6.07, 6.45) is 4.93. The average molecular weight is 257 g/mol. The van der Waals surface area contributed by atoms with Crippen LogP contribution >= 0.6 is 15.9 Å². The SMILES string of the molecule is CC1OCCC1Nc1ccncc1Br. The molecule has 4 heteroatoms. The third kappa shape index (κ3) is 2.07. The minimum Gasteiger partial charge on any atom is -0.379 e. The summed E-state index contributed by atoms with van der Waals surface area (Å²) in [7, 11) is 0. The zero-order valence-electron chi connectivity index (χ0n) is 8.03. The van der Waals surface area contributed by atoms with Crippen molar-refractivity contribution in [3.05, 3.63) is 22.9 Å². The van der Waals surface area contributed by atoms with Crippen LogP contribution in [-0.2, 0) is 4.74 Å². The minimum atomic E-state index is 0.287. The van der Waals surface area contributed by atoms with Crippen molar-refractivity contribution in [2.24, 2.45) is 0 Å². The Hall–Kier alpha value is -0.610. The van der Waals surface area contributed by atoms with Gasteiger partial charge in [0.15, 0.2) is 0 Å². The van der Waals surface area contributed by atoms with Crippen molar-refractivity contribution in [1.29, 1.82) is 0 Å². The van der Waals surface area contributed by atoms with E-state index in [1.165, 1.54) is 0 Å². The number of hydrogen-bond donors (Lipinski definition) is 1. The highest BCUT2D eigenvalue weighted by Crippen LogP contribution is 2.24. The van der Waals surface area contributed by atoms with Gasteiger partial charge in [-0.15, -0.1) is 0 Å². The first kappa shape index (κ1) is 9.93. The summed E-state index contributed by atoms with van der Waals surface area (Å²) in [5, 5.41) is 3.45. The van der Waals surface area contributed by atoms with E-state index < -0.39 is 0 Å². The molecule has 1 saturated heterocycles. The van der Waals surface area contributed by atoms with E-state index in [9.17, 15) is 0 Å². The van der Waals surface area contributed by atoms with E-state index in [1.807, 2.05) is 6.07 Å². The lowest BCUT2D eigenvalue weighted by Gasteiger charge is -2.17. The highest BCUT2D eigenvalue weighted by Gasteiger charge is 2.24. The molecule has 1 fully saturated rings. The van der Waals surface area contributed by atoms with Crippen molar-refractivity contribution in [3.63, 3.8) is 0 Å². The Balaban J connectivity index is 2.07. The minimum absolute atomic E-state index is 0.287. The molecule has 2 unspecified atom stereocenters. The lowest BCUT2D eigenvalue weighted by Crippen LogP contribution is -2.26. The van der Waals surface area contributed by atoms with Crippen LogP contribution in [0.2, 0.25) is 0 Å². The molecule has 0 radical (unpaired) electrons. The molecule has 1 aromatic heterocycles. The molecule has 0 spiro atoms. The Morgan fingerprint density at radius 2 is 2.50 bits per heavy atom. The summed E-state index contributed by atoms with van der Waals surface area (Å²) in [5.41, 5.74) is 1.09. The lowest BCUT2D eigenvalue weighted by molar-refractivity contribution is 0.121. The van der Waals surface area contributed by atoms with Gasteiger partial charge in [0, 0.05) is 19.0 Å². The summed E-state index contributed by atoms with van der Waals surface area (Å²) in [6.45, 7) is 2.95. The van der Waals surface area contributed by atoms with Gasteiger partial charge in [0.2, 0.25) is 0 Å². The fraction of sp³-hybridized carbons (Fsp3) is 0.500. The highest BCUT2D eigenvalue weighted by atomic mass is 79.9. The van der Waals surface area contributed by atoms with Crippen LogP contribution < -0.4 is 5.32 Å². The topological polar surface area (TPSA) is 34.1 Å². The quantitative estimate of drug-likeness (QED) is 0.883. The largest absolute Gasteiger partial charge is 0.379 e. The van der Waals surface area contributed by atoms with Crippen LogP contribution in [0.5, 0.6) is 0 Å². The molecule has 1 aliphatic rings. The molecule has 0 aliphatic carbocycles. The Kier molecular flexibility index (Phi) is 3.03. The van der Waals surface area contributed by atoms with E-state index >= 15 is 0 Å². The summed E-state index contributed by atoms with van der Waals surface area (Å²) in [4.78, 5) is 4.02. The molecule has 14 heavy (non-hydrogen) atoms. The van der Waals surface area contributed by atoms with Crippen molar-refractivity contribution < 1.29 is 4.74 Å². The van der Waals surface area contributed by atoms with E-state index in [0.29, 0.717) is 6.04 Å². The van der Waals surface area contributed by atoms with Crippen LogP contribution in [0, 0.1) is 0 Å². The lowest BCUT2D eigenvalue weighted by atomic mass is 10.1. The summed E-state index contributed by atoms with van der Waals surface area (Å²) < 4.78 is 6.48. The number of hydrogen-bond acceptors (Lipinski definition) is 3. The van der Waals surface area contributed by atoms with Gasteiger partial charge >= 0.3 is 0 Å². The maximum absolute atomic E-state index is 5.48. The molecule has 0 aromatic carbocycles. The highest BCUT2D eigenvalue weighted by molar-refractivity contribution is 9.10. The van der Waals surface area contributed by atoms with Crippen LogP contribution in [0.25, 0.3) is 0 Å². The Morgan fingerprint density at radius 3 is 3.14 bits per heavy atom. The first-order valence-electron chi connectivity index (χ1n) is 4.75. The van der Waals surface area contributed by atoms with Crippen molar-refractivity contribution in [1.82, 2.24) is 4.98 Å². The number of aromatic nitrogens is 1. The normalized spacial score (nSPS) is 26.4. The Bertz CT molecular complexity index is 319. The maximum Gasteiger partial charge on any atom is 0.0748 e. The number of rotatable bonds is 2. The fourth-order valence-electron chi connectivity index (χ4n) is 1.61. The molecular formula is C10H13BrN2O. The van der Waals surface area contributed by atoms with Gasteiger partial charge < -0.3 is 10.1 Å². The average Bonchev–Trinajstić information content (AvgIpc) is 2.56. The van der Waals surface area contributed by atoms with E-state index in [1.54, 1.807) is 12.4 Å². The zero-order valence-corrected chi connectivity index (χ0v) is 9.62. The fourth-order valence-corrected chi connectivity index (χ4v) is 1.98. The number of nitrogens with zero attached hydrogens (tertiary/aromatic N) is 1. The molecule has 3 nitrogen and oxygen atoms in total. The molecule has 76 valence electrons. The summed E-state index contributed by atoms with van der Waals surface area (Å²) in [5.74, 6) is 0. The zero-order chi connectivity index (χ0) is 9.97. The second-order valence-corrected chi connectivity index (χ2v) is 4.33. The molecule has 0 bridgehead atoms. The van der Waals surface area contributed by atoms with E-state index in [4.69, 9.17) is 4.74 Å².